The van der Waals surface area contributed by atoms with Crippen LogP contribution >= 0.6 is 0 Å². The standard InChI is InChI=1S/C25H21N5O2/c1-15(31)30-10-9-17-20(11-26)24(29)25(13-27,14-28)23(21(17)12-30)19-7-8-22(32-2)18-6-4-3-5-16(18)19/h3-9,20-21,23,29H,10,12H2,1-2H3/t20?,21-,23+/m1/s1. The summed E-state index contributed by atoms with van der Waals surface area (Å²) in [6, 6.07) is 17.5. The zero-order valence-electron chi connectivity index (χ0n) is 17.8. The van der Waals surface area contributed by atoms with Crippen LogP contribution in [0.3, 0.4) is 0 Å². The summed E-state index contributed by atoms with van der Waals surface area (Å²) < 4.78 is 5.51. The lowest BCUT2D eigenvalue weighted by molar-refractivity contribution is -0.129. The highest BCUT2D eigenvalue weighted by Gasteiger charge is 2.58. The molecule has 2 aliphatic rings. The second kappa shape index (κ2) is 7.84. The lowest BCUT2D eigenvalue weighted by Crippen LogP contribution is -2.53. The molecule has 1 saturated carbocycles. The third kappa shape index (κ3) is 2.85. The summed E-state index contributed by atoms with van der Waals surface area (Å²) in [4.78, 5) is 13.8. The highest BCUT2D eigenvalue weighted by atomic mass is 16.5. The number of nitrogens with zero attached hydrogens (tertiary/aromatic N) is 4. The van der Waals surface area contributed by atoms with E-state index in [0.29, 0.717) is 17.9 Å². The highest BCUT2D eigenvalue weighted by Crippen LogP contribution is 2.54. The van der Waals surface area contributed by atoms with Gasteiger partial charge in [0.25, 0.3) is 0 Å². The fourth-order valence-electron chi connectivity index (χ4n) is 5.15. The van der Waals surface area contributed by atoms with E-state index in [1.807, 2.05) is 36.4 Å². The van der Waals surface area contributed by atoms with Crippen LogP contribution < -0.4 is 4.74 Å². The van der Waals surface area contributed by atoms with Gasteiger partial charge in [-0.15, -0.1) is 0 Å². The quantitative estimate of drug-likeness (QED) is 0.740. The Kier molecular flexibility index (Phi) is 5.17. The van der Waals surface area contributed by atoms with Crippen molar-refractivity contribution in [3.63, 3.8) is 0 Å². The molecule has 3 atom stereocenters. The fraction of sp³-hybridized carbons (Fsp3) is 0.320. The van der Waals surface area contributed by atoms with Crippen LogP contribution in [0.4, 0.5) is 0 Å². The summed E-state index contributed by atoms with van der Waals surface area (Å²) in [6.07, 6.45) is 1.81. The number of benzene rings is 2. The first kappa shape index (κ1) is 21.1. The number of hydrogen-bond donors (Lipinski definition) is 1. The topological polar surface area (TPSA) is 125 Å². The van der Waals surface area contributed by atoms with Crippen LogP contribution in [0.15, 0.2) is 48.0 Å². The number of rotatable bonds is 2. The van der Waals surface area contributed by atoms with Crippen molar-refractivity contribution in [3.8, 4) is 24.0 Å². The van der Waals surface area contributed by atoms with Crippen LogP contribution in [0, 0.1) is 56.7 Å². The van der Waals surface area contributed by atoms with Gasteiger partial charge in [-0.3, -0.25) is 4.79 Å². The summed E-state index contributed by atoms with van der Waals surface area (Å²) in [6.45, 7) is 2.10. The molecule has 0 aromatic heterocycles. The molecule has 0 spiro atoms. The Morgan fingerprint density at radius 1 is 1.16 bits per heavy atom. The van der Waals surface area contributed by atoms with Gasteiger partial charge in [0.05, 0.1) is 31.0 Å². The molecule has 1 amide bonds. The third-order valence-electron chi connectivity index (χ3n) is 6.71. The molecule has 0 bridgehead atoms. The molecule has 1 fully saturated rings. The van der Waals surface area contributed by atoms with Crippen LogP contribution in [0.25, 0.3) is 10.8 Å². The molecule has 158 valence electrons. The summed E-state index contributed by atoms with van der Waals surface area (Å²) in [5.74, 6) is -1.59. The zero-order chi connectivity index (χ0) is 23.0. The average Bonchev–Trinajstić information content (AvgIpc) is 2.82. The molecular weight excluding hydrogens is 402 g/mol. The summed E-state index contributed by atoms with van der Waals surface area (Å²) in [5.41, 5.74) is -0.596. The number of hydrogen-bond acceptors (Lipinski definition) is 6. The molecule has 1 N–H and O–H groups in total. The Morgan fingerprint density at radius 2 is 1.84 bits per heavy atom. The Balaban J connectivity index is 2.04. The number of amides is 1. The molecule has 7 heteroatoms. The van der Waals surface area contributed by atoms with Crippen LogP contribution in [-0.4, -0.2) is 36.7 Å². The zero-order valence-corrected chi connectivity index (χ0v) is 17.8. The number of methoxy groups -OCH3 is 1. The van der Waals surface area contributed by atoms with E-state index in [1.165, 1.54) is 6.92 Å². The van der Waals surface area contributed by atoms with E-state index in [9.17, 15) is 20.6 Å². The molecule has 0 saturated heterocycles. The lowest BCUT2D eigenvalue weighted by atomic mass is 9.54. The van der Waals surface area contributed by atoms with Crippen LogP contribution in [-0.2, 0) is 4.79 Å². The molecule has 1 aliphatic carbocycles. The van der Waals surface area contributed by atoms with Crippen molar-refractivity contribution in [3.05, 3.63) is 53.6 Å². The first-order chi connectivity index (χ1) is 15.4. The lowest BCUT2D eigenvalue weighted by Gasteiger charge is -2.47. The Hall–Kier alpha value is -4.15. The molecular formula is C25H21N5O2. The van der Waals surface area contributed by atoms with Gasteiger partial charge in [0.1, 0.15) is 11.7 Å². The minimum absolute atomic E-state index is 0.118. The first-order valence-corrected chi connectivity index (χ1v) is 10.3. The number of nitriles is 3. The van der Waals surface area contributed by atoms with Crippen molar-refractivity contribution in [2.45, 2.75) is 12.8 Å². The van der Waals surface area contributed by atoms with Gasteiger partial charge < -0.3 is 15.0 Å². The predicted molar refractivity (Wildman–Crippen MR) is 118 cm³/mol. The maximum atomic E-state index is 12.2. The number of carbonyl (C=O) groups excluding carboxylic acids is 1. The van der Waals surface area contributed by atoms with Gasteiger partial charge in [0, 0.05) is 37.2 Å². The monoisotopic (exact) mass is 423 g/mol. The molecule has 1 aliphatic heterocycles. The van der Waals surface area contributed by atoms with E-state index in [1.54, 1.807) is 18.1 Å². The Labute approximate surface area is 186 Å². The minimum Gasteiger partial charge on any atom is -0.496 e. The summed E-state index contributed by atoms with van der Waals surface area (Å²) in [7, 11) is 1.58. The van der Waals surface area contributed by atoms with Gasteiger partial charge >= 0.3 is 0 Å². The Morgan fingerprint density at radius 3 is 2.44 bits per heavy atom. The van der Waals surface area contributed by atoms with Crippen LogP contribution in [0.1, 0.15) is 18.4 Å². The number of fused-ring (bicyclic) bond motifs is 2. The van der Waals surface area contributed by atoms with Crippen molar-refractivity contribution in [1.82, 2.24) is 4.90 Å². The molecule has 4 rings (SSSR count). The van der Waals surface area contributed by atoms with Crippen molar-refractivity contribution in [1.29, 1.82) is 21.2 Å². The average molecular weight is 423 g/mol. The Bertz CT molecular complexity index is 1280. The van der Waals surface area contributed by atoms with Gasteiger partial charge in [-0.05, 0) is 22.6 Å². The van der Waals surface area contributed by atoms with Crippen molar-refractivity contribution in [2.24, 2.45) is 17.3 Å². The van der Waals surface area contributed by atoms with Crippen molar-refractivity contribution in [2.75, 3.05) is 20.2 Å². The van der Waals surface area contributed by atoms with Crippen LogP contribution in [0.2, 0.25) is 0 Å². The SMILES string of the molecule is COc1ccc([C@H]2[C@@H]3CN(C(C)=O)CC=C3C(C#N)C(=N)C2(C#N)C#N)c2ccccc12. The molecule has 2 aromatic carbocycles. The minimum atomic E-state index is -1.83. The van der Waals surface area contributed by atoms with E-state index >= 15 is 0 Å². The second-order valence-electron chi connectivity index (χ2n) is 8.12. The van der Waals surface area contributed by atoms with E-state index in [0.717, 1.165) is 16.3 Å². The van der Waals surface area contributed by atoms with Crippen molar-refractivity contribution < 1.29 is 9.53 Å². The van der Waals surface area contributed by atoms with Crippen molar-refractivity contribution >= 4 is 22.4 Å². The van der Waals surface area contributed by atoms with E-state index in [-0.39, 0.29) is 18.2 Å². The fourth-order valence-corrected chi connectivity index (χ4v) is 5.15. The van der Waals surface area contributed by atoms with E-state index < -0.39 is 23.2 Å². The van der Waals surface area contributed by atoms with Gasteiger partial charge in [0.15, 0.2) is 5.41 Å². The summed E-state index contributed by atoms with van der Waals surface area (Å²) >= 11 is 0. The van der Waals surface area contributed by atoms with Gasteiger partial charge in [-0.2, -0.15) is 15.8 Å². The van der Waals surface area contributed by atoms with E-state index in [2.05, 4.69) is 18.2 Å². The number of carbonyl (C=O) groups is 1. The van der Waals surface area contributed by atoms with Crippen LogP contribution in [0.5, 0.6) is 5.75 Å². The van der Waals surface area contributed by atoms with Gasteiger partial charge in [-0.1, -0.05) is 36.4 Å². The number of nitrogens with one attached hydrogen (secondary N) is 1. The first-order valence-electron chi connectivity index (χ1n) is 10.3. The molecule has 7 nitrogen and oxygen atoms in total. The number of ether oxygens (including phenoxy) is 1. The third-order valence-corrected chi connectivity index (χ3v) is 6.71. The van der Waals surface area contributed by atoms with E-state index in [4.69, 9.17) is 10.1 Å². The molecule has 2 aromatic rings. The maximum absolute atomic E-state index is 12.2. The predicted octanol–water partition coefficient (Wildman–Crippen LogP) is 3.54. The molecule has 32 heavy (non-hydrogen) atoms. The summed E-state index contributed by atoms with van der Waals surface area (Å²) in [5, 5.41) is 40.7. The molecule has 1 unspecified atom stereocenters. The molecule has 1 heterocycles. The molecule has 0 radical (unpaired) electrons. The second-order valence-corrected chi connectivity index (χ2v) is 8.12. The van der Waals surface area contributed by atoms with Gasteiger partial charge in [-0.25, -0.2) is 0 Å². The highest BCUT2D eigenvalue weighted by molar-refractivity contribution is 6.02. The largest absolute Gasteiger partial charge is 0.496 e. The van der Waals surface area contributed by atoms with Gasteiger partial charge in [0.2, 0.25) is 5.91 Å². The normalized spacial score (nSPS) is 23.8. The smallest absolute Gasteiger partial charge is 0.219 e. The maximum Gasteiger partial charge on any atom is 0.219 e.